The number of carbonyl (C=O) groups is 1. The molecule has 8 nitrogen and oxygen atoms in total. The molecule has 0 aliphatic rings. The van der Waals surface area contributed by atoms with Gasteiger partial charge in [0.05, 0.1) is 39.9 Å². The van der Waals surface area contributed by atoms with Crippen molar-refractivity contribution in [1.82, 2.24) is 5.32 Å². The van der Waals surface area contributed by atoms with Crippen LogP contribution in [0.25, 0.3) is 0 Å². The molecule has 0 aliphatic heterocycles. The first-order valence-corrected chi connectivity index (χ1v) is 23.7. The van der Waals surface area contributed by atoms with E-state index >= 15 is 0 Å². The van der Waals surface area contributed by atoms with Crippen molar-refractivity contribution in [3.63, 3.8) is 0 Å². The summed E-state index contributed by atoms with van der Waals surface area (Å²) in [6.07, 6.45) is 42.4. The number of quaternary nitrogens is 1. The normalized spacial score (nSPS) is 14.6. The Balaban J connectivity index is 4.44. The van der Waals surface area contributed by atoms with Crippen molar-refractivity contribution >= 4 is 13.7 Å². The van der Waals surface area contributed by atoms with Crippen molar-refractivity contribution in [3.8, 4) is 0 Å². The quantitative estimate of drug-likeness (QED) is 0.0248. The number of nitrogens with one attached hydrogen (secondary N) is 1. The van der Waals surface area contributed by atoms with Crippen LogP contribution < -0.4 is 5.32 Å². The van der Waals surface area contributed by atoms with Gasteiger partial charge in [-0.2, -0.15) is 0 Å². The van der Waals surface area contributed by atoms with E-state index in [1.165, 1.54) is 128 Å². The molecule has 314 valence electrons. The Hall–Kier alpha value is -1.02. The zero-order valence-corrected chi connectivity index (χ0v) is 36.4. The highest BCUT2D eigenvalue weighted by atomic mass is 31.2. The van der Waals surface area contributed by atoms with Crippen LogP contribution in [0.15, 0.2) is 24.3 Å². The van der Waals surface area contributed by atoms with Gasteiger partial charge < -0.3 is 19.8 Å². The van der Waals surface area contributed by atoms with Gasteiger partial charge in [0.25, 0.3) is 0 Å². The van der Waals surface area contributed by atoms with E-state index in [1.807, 2.05) is 27.2 Å². The first kappa shape index (κ1) is 52.0. The maximum atomic E-state index is 12.8. The summed E-state index contributed by atoms with van der Waals surface area (Å²) in [4.78, 5) is 23.1. The Kier molecular flexibility index (Phi) is 35.9. The van der Waals surface area contributed by atoms with E-state index in [0.717, 1.165) is 51.4 Å². The zero-order valence-electron chi connectivity index (χ0n) is 35.5. The minimum atomic E-state index is -4.33. The molecule has 0 aliphatic carbocycles. The van der Waals surface area contributed by atoms with Crippen molar-refractivity contribution in [2.75, 3.05) is 40.9 Å². The molecule has 0 spiro atoms. The van der Waals surface area contributed by atoms with Gasteiger partial charge in [0, 0.05) is 6.42 Å². The Morgan fingerprint density at radius 2 is 1.02 bits per heavy atom. The molecule has 0 rings (SSSR count). The van der Waals surface area contributed by atoms with E-state index in [0.29, 0.717) is 17.4 Å². The standard InChI is InChI=1S/C44H87N2O6P/c1-6-8-10-12-14-16-18-20-22-23-24-25-27-29-31-33-35-37-43(47)42(41-52-53(49,50)51-40-39-46(3,4)5)45-44(48)38-36-34-32-30-28-26-21-19-17-15-13-11-9-7-2/h19,21,35,37,42-43,47H,6-18,20,22-34,36,38-41H2,1-5H3,(H-,45,48,49,50)/p+1/b21-19-,37-35+. The lowest BCUT2D eigenvalue weighted by molar-refractivity contribution is -0.870. The molecule has 0 saturated heterocycles. The summed E-state index contributed by atoms with van der Waals surface area (Å²) in [5.74, 6) is -0.186. The lowest BCUT2D eigenvalue weighted by Crippen LogP contribution is -2.45. The molecule has 3 N–H and O–H groups in total. The predicted molar refractivity (Wildman–Crippen MR) is 226 cm³/mol. The van der Waals surface area contributed by atoms with E-state index in [4.69, 9.17) is 9.05 Å². The Morgan fingerprint density at radius 1 is 0.623 bits per heavy atom. The summed E-state index contributed by atoms with van der Waals surface area (Å²) in [7, 11) is 1.57. The molecule has 3 unspecified atom stereocenters. The molecular formula is C44H88N2O6P+. The molecule has 0 fully saturated rings. The van der Waals surface area contributed by atoms with Crippen molar-refractivity contribution < 1.29 is 32.9 Å². The van der Waals surface area contributed by atoms with Crippen molar-refractivity contribution in [3.05, 3.63) is 24.3 Å². The summed E-state index contributed by atoms with van der Waals surface area (Å²) in [5.41, 5.74) is 0. The fourth-order valence-corrected chi connectivity index (χ4v) is 7.07. The van der Waals surface area contributed by atoms with Crippen LogP contribution in [0.3, 0.4) is 0 Å². The molecule has 3 atom stereocenters. The fraction of sp³-hybridized carbons (Fsp3) is 0.886. The third-order valence-corrected chi connectivity index (χ3v) is 10.9. The van der Waals surface area contributed by atoms with Gasteiger partial charge in [0.1, 0.15) is 13.2 Å². The number of unbranched alkanes of at least 4 members (excludes halogenated alkanes) is 25. The number of aliphatic hydroxyl groups excluding tert-OH is 1. The second kappa shape index (κ2) is 36.6. The predicted octanol–water partition coefficient (Wildman–Crippen LogP) is 12.1. The second-order valence-corrected chi connectivity index (χ2v) is 17.9. The molecular weight excluding hydrogens is 683 g/mol. The van der Waals surface area contributed by atoms with Crippen LogP contribution in [0.2, 0.25) is 0 Å². The highest BCUT2D eigenvalue weighted by Crippen LogP contribution is 2.43. The van der Waals surface area contributed by atoms with Crippen LogP contribution >= 0.6 is 7.82 Å². The SMILES string of the molecule is CCCCCCC/C=C\CCCCCCCC(=O)NC(COP(=O)(O)OCC[N+](C)(C)C)C(O)/C=C/CCCCCCCCCCCCCCCCC. The van der Waals surface area contributed by atoms with Crippen LogP contribution in [0.4, 0.5) is 0 Å². The smallest absolute Gasteiger partial charge is 0.387 e. The van der Waals surface area contributed by atoms with E-state index in [9.17, 15) is 19.4 Å². The van der Waals surface area contributed by atoms with Crippen LogP contribution in [0.5, 0.6) is 0 Å². The molecule has 9 heteroatoms. The molecule has 0 aromatic heterocycles. The minimum Gasteiger partial charge on any atom is -0.387 e. The fourth-order valence-electron chi connectivity index (χ4n) is 6.33. The van der Waals surface area contributed by atoms with Crippen molar-refractivity contribution in [1.29, 1.82) is 0 Å². The van der Waals surface area contributed by atoms with Gasteiger partial charge >= 0.3 is 7.82 Å². The van der Waals surface area contributed by atoms with Gasteiger partial charge in [-0.1, -0.05) is 173 Å². The summed E-state index contributed by atoms with van der Waals surface area (Å²) < 4.78 is 23.5. The maximum absolute atomic E-state index is 12.8. The number of rotatable bonds is 40. The highest BCUT2D eigenvalue weighted by Gasteiger charge is 2.27. The van der Waals surface area contributed by atoms with E-state index < -0.39 is 20.0 Å². The van der Waals surface area contributed by atoms with E-state index in [1.54, 1.807) is 6.08 Å². The van der Waals surface area contributed by atoms with Crippen LogP contribution in [0, 0.1) is 0 Å². The van der Waals surface area contributed by atoms with Gasteiger partial charge in [0.15, 0.2) is 0 Å². The number of nitrogens with zero attached hydrogens (tertiary/aromatic N) is 1. The third-order valence-electron chi connectivity index (χ3n) is 9.92. The number of amides is 1. The van der Waals surface area contributed by atoms with Gasteiger partial charge in [0.2, 0.25) is 5.91 Å². The van der Waals surface area contributed by atoms with Gasteiger partial charge in [-0.25, -0.2) is 4.57 Å². The first-order chi connectivity index (χ1) is 25.5. The first-order valence-electron chi connectivity index (χ1n) is 22.2. The average molecular weight is 772 g/mol. The molecule has 0 saturated carbocycles. The molecule has 0 aromatic rings. The van der Waals surface area contributed by atoms with Gasteiger partial charge in [-0.05, 0) is 44.9 Å². The number of hydrogen-bond acceptors (Lipinski definition) is 5. The molecule has 0 radical (unpaired) electrons. The number of carbonyl (C=O) groups excluding carboxylic acids is 1. The Bertz CT molecular complexity index is 922. The number of aliphatic hydroxyl groups is 1. The number of allylic oxidation sites excluding steroid dienone is 3. The summed E-state index contributed by atoms with van der Waals surface area (Å²) in [6.45, 7) is 4.80. The summed E-state index contributed by atoms with van der Waals surface area (Å²) >= 11 is 0. The van der Waals surface area contributed by atoms with Crippen LogP contribution in [0.1, 0.15) is 200 Å². The molecule has 0 heterocycles. The number of likely N-dealkylation sites (N-methyl/N-ethyl adjacent to an activating group) is 1. The maximum Gasteiger partial charge on any atom is 0.472 e. The zero-order chi connectivity index (χ0) is 39.3. The molecule has 1 amide bonds. The Labute approximate surface area is 328 Å². The molecule has 0 bridgehead atoms. The summed E-state index contributed by atoms with van der Waals surface area (Å²) in [5, 5.41) is 13.8. The van der Waals surface area contributed by atoms with E-state index in [-0.39, 0.29) is 19.1 Å². The van der Waals surface area contributed by atoms with Crippen LogP contribution in [-0.2, 0) is 18.4 Å². The lowest BCUT2D eigenvalue weighted by atomic mass is 10.0. The Morgan fingerprint density at radius 3 is 1.45 bits per heavy atom. The number of phosphoric ester groups is 1. The largest absolute Gasteiger partial charge is 0.472 e. The minimum absolute atomic E-state index is 0.0609. The number of hydrogen-bond donors (Lipinski definition) is 3. The highest BCUT2D eigenvalue weighted by molar-refractivity contribution is 7.47. The topological polar surface area (TPSA) is 105 Å². The molecule has 0 aromatic carbocycles. The van der Waals surface area contributed by atoms with Crippen molar-refractivity contribution in [2.45, 2.75) is 212 Å². The number of phosphoric acid groups is 1. The van der Waals surface area contributed by atoms with Gasteiger partial charge in [-0.15, -0.1) is 0 Å². The average Bonchev–Trinajstić information content (AvgIpc) is 3.10. The third kappa shape index (κ3) is 39.0. The monoisotopic (exact) mass is 772 g/mol. The second-order valence-electron chi connectivity index (χ2n) is 16.4. The lowest BCUT2D eigenvalue weighted by Gasteiger charge is -2.25. The van der Waals surface area contributed by atoms with E-state index in [2.05, 4.69) is 31.3 Å². The van der Waals surface area contributed by atoms with Crippen LogP contribution in [-0.4, -0.2) is 73.4 Å². The molecule has 53 heavy (non-hydrogen) atoms. The van der Waals surface area contributed by atoms with Crippen molar-refractivity contribution in [2.24, 2.45) is 0 Å². The van der Waals surface area contributed by atoms with Gasteiger partial charge in [-0.3, -0.25) is 13.8 Å². The summed E-state index contributed by atoms with van der Waals surface area (Å²) in [6, 6.07) is -0.847.